The quantitative estimate of drug-likeness (QED) is 0.805. The van der Waals surface area contributed by atoms with Gasteiger partial charge in [0.15, 0.2) is 11.4 Å². The van der Waals surface area contributed by atoms with Crippen molar-refractivity contribution in [1.29, 1.82) is 0 Å². The fraction of sp³-hybridized carbons (Fsp3) is 0.400. The minimum atomic E-state index is -1.39. The molecule has 0 unspecified atom stereocenters. The van der Waals surface area contributed by atoms with Crippen LogP contribution in [0, 0.1) is 5.92 Å². The summed E-state index contributed by atoms with van der Waals surface area (Å²) in [5.41, 5.74) is 0.0181. The van der Waals surface area contributed by atoms with Crippen LogP contribution in [0.2, 0.25) is 0 Å². The number of carbonyl (C=O) groups is 1. The maximum atomic E-state index is 11.7. The van der Waals surface area contributed by atoms with Crippen molar-refractivity contribution in [3.05, 3.63) is 41.2 Å². The van der Waals surface area contributed by atoms with E-state index in [-0.39, 0.29) is 29.6 Å². The molecule has 4 nitrogen and oxygen atoms in total. The molecule has 0 amide bonds. The van der Waals surface area contributed by atoms with Crippen molar-refractivity contribution in [3.63, 3.8) is 0 Å². The van der Waals surface area contributed by atoms with Gasteiger partial charge in [-0.2, -0.15) is 0 Å². The largest absolute Gasteiger partial charge is 0.508 e. The Morgan fingerprint density at radius 1 is 1.42 bits per heavy atom. The first kappa shape index (κ1) is 12.2. The van der Waals surface area contributed by atoms with E-state index in [1.54, 1.807) is 12.1 Å². The Morgan fingerprint density at radius 2 is 2.21 bits per heavy atom. The van der Waals surface area contributed by atoms with Gasteiger partial charge in [-0.25, -0.2) is 0 Å². The maximum Gasteiger partial charge on any atom is 0.159 e. The Morgan fingerprint density at radius 3 is 2.95 bits per heavy atom. The first-order valence-corrected chi connectivity index (χ1v) is 6.40. The molecule has 3 rings (SSSR count). The van der Waals surface area contributed by atoms with Crippen LogP contribution in [0.1, 0.15) is 24.0 Å². The third kappa shape index (κ3) is 1.60. The molecule has 100 valence electrons. The highest BCUT2D eigenvalue weighted by Gasteiger charge is 2.51. The lowest BCUT2D eigenvalue weighted by Crippen LogP contribution is -2.45. The molecule has 0 aliphatic heterocycles. The predicted molar refractivity (Wildman–Crippen MR) is 68.5 cm³/mol. The van der Waals surface area contributed by atoms with Gasteiger partial charge in [0.05, 0.1) is 7.11 Å². The van der Waals surface area contributed by atoms with E-state index in [0.717, 1.165) is 12.0 Å². The average molecular weight is 260 g/mol. The zero-order valence-corrected chi connectivity index (χ0v) is 10.7. The third-order valence-corrected chi connectivity index (χ3v) is 4.20. The summed E-state index contributed by atoms with van der Waals surface area (Å²) in [4.78, 5) is 11.7. The van der Waals surface area contributed by atoms with E-state index in [2.05, 4.69) is 0 Å². The second-order valence-corrected chi connectivity index (χ2v) is 5.20. The van der Waals surface area contributed by atoms with Gasteiger partial charge in [0, 0.05) is 24.0 Å². The SMILES string of the molecule is COC1=CC(=O)C[C@H]2CCc3cccc(O)c3[C@@]12O. The number of ether oxygens (including phenoxy) is 1. The molecular weight excluding hydrogens is 244 g/mol. The molecule has 0 fully saturated rings. The van der Waals surface area contributed by atoms with Crippen molar-refractivity contribution in [1.82, 2.24) is 0 Å². The van der Waals surface area contributed by atoms with E-state index in [0.29, 0.717) is 12.0 Å². The Kier molecular flexibility index (Phi) is 2.64. The molecule has 0 aromatic heterocycles. The van der Waals surface area contributed by atoms with Crippen LogP contribution in [0.15, 0.2) is 30.0 Å². The van der Waals surface area contributed by atoms with Gasteiger partial charge in [-0.1, -0.05) is 12.1 Å². The van der Waals surface area contributed by atoms with Crippen molar-refractivity contribution in [2.75, 3.05) is 7.11 Å². The molecule has 0 spiro atoms. The molecule has 0 saturated heterocycles. The molecular formula is C15H16O4. The summed E-state index contributed by atoms with van der Waals surface area (Å²) in [6.45, 7) is 0. The number of benzene rings is 1. The fourth-order valence-electron chi connectivity index (χ4n) is 3.32. The fourth-order valence-corrected chi connectivity index (χ4v) is 3.32. The van der Waals surface area contributed by atoms with Gasteiger partial charge < -0.3 is 14.9 Å². The van der Waals surface area contributed by atoms with Crippen molar-refractivity contribution in [3.8, 4) is 5.75 Å². The Labute approximate surface area is 111 Å². The van der Waals surface area contributed by atoms with Gasteiger partial charge in [-0.05, 0) is 24.5 Å². The zero-order valence-electron chi connectivity index (χ0n) is 10.7. The summed E-state index contributed by atoms with van der Waals surface area (Å²) in [6.07, 6.45) is 3.09. The molecule has 2 atom stereocenters. The topological polar surface area (TPSA) is 66.8 Å². The first-order chi connectivity index (χ1) is 9.07. The standard InChI is InChI=1S/C15H16O4/c1-19-13-8-11(16)7-10-6-5-9-3-2-4-12(17)14(9)15(10,13)18/h2-4,8,10,17-18H,5-7H2,1H3/t10-,15+/m1/s1. The number of hydrogen-bond donors (Lipinski definition) is 2. The summed E-state index contributed by atoms with van der Waals surface area (Å²) in [6, 6.07) is 5.22. The second-order valence-electron chi connectivity index (χ2n) is 5.20. The lowest BCUT2D eigenvalue weighted by Gasteiger charge is -2.44. The van der Waals surface area contributed by atoms with Crippen molar-refractivity contribution in [2.45, 2.75) is 24.9 Å². The number of allylic oxidation sites excluding steroid dienone is 1. The van der Waals surface area contributed by atoms with Crippen LogP contribution in [-0.4, -0.2) is 23.1 Å². The molecule has 0 saturated carbocycles. The van der Waals surface area contributed by atoms with Crippen LogP contribution < -0.4 is 0 Å². The number of fused-ring (bicyclic) bond motifs is 3. The summed E-state index contributed by atoms with van der Waals surface area (Å²) >= 11 is 0. The summed E-state index contributed by atoms with van der Waals surface area (Å²) in [5, 5.41) is 21.2. The lowest BCUT2D eigenvalue weighted by molar-refractivity contribution is -0.123. The minimum Gasteiger partial charge on any atom is -0.508 e. The number of phenolic OH excluding ortho intramolecular Hbond substituents is 1. The van der Waals surface area contributed by atoms with Crippen molar-refractivity contribution in [2.24, 2.45) is 5.92 Å². The number of carbonyl (C=O) groups excluding carboxylic acids is 1. The van der Waals surface area contributed by atoms with Gasteiger partial charge in [-0.15, -0.1) is 0 Å². The third-order valence-electron chi connectivity index (χ3n) is 4.20. The van der Waals surface area contributed by atoms with Crippen LogP contribution >= 0.6 is 0 Å². The average Bonchev–Trinajstić information content (AvgIpc) is 2.38. The molecule has 2 aliphatic rings. The number of phenols is 1. The summed E-state index contributed by atoms with van der Waals surface area (Å²) in [7, 11) is 1.44. The molecule has 0 bridgehead atoms. The molecule has 2 aliphatic carbocycles. The van der Waals surface area contributed by atoms with Gasteiger partial charge in [0.2, 0.25) is 0 Å². The Hall–Kier alpha value is -1.81. The smallest absolute Gasteiger partial charge is 0.159 e. The van der Waals surface area contributed by atoms with Gasteiger partial charge >= 0.3 is 0 Å². The number of aryl methyl sites for hydroxylation is 1. The molecule has 0 heterocycles. The van der Waals surface area contributed by atoms with Crippen LogP contribution in [0.3, 0.4) is 0 Å². The van der Waals surface area contributed by atoms with Crippen LogP contribution in [0.4, 0.5) is 0 Å². The first-order valence-electron chi connectivity index (χ1n) is 6.40. The molecule has 0 radical (unpaired) electrons. The number of methoxy groups -OCH3 is 1. The molecule has 1 aromatic rings. The lowest BCUT2D eigenvalue weighted by atomic mass is 9.66. The number of hydrogen-bond acceptors (Lipinski definition) is 4. The minimum absolute atomic E-state index is 0.0367. The Bertz CT molecular complexity index is 576. The highest BCUT2D eigenvalue weighted by Crippen LogP contribution is 2.51. The molecule has 1 aromatic carbocycles. The van der Waals surface area contributed by atoms with Crippen molar-refractivity contribution < 1.29 is 19.7 Å². The van der Waals surface area contributed by atoms with Gasteiger partial charge in [0.25, 0.3) is 0 Å². The monoisotopic (exact) mass is 260 g/mol. The van der Waals surface area contributed by atoms with E-state index in [1.807, 2.05) is 6.07 Å². The molecule has 4 heteroatoms. The van der Waals surface area contributed by atoms with Crippen LogP contribution in [-0.2, 0) is 21.6 Å². The van der Waals surface area contributed by atoms with E-state index in [4.69, 9.17) is 4.74 Å². The van der Waals surface area contributed by atoms with E-state index in [1.165, 1.54) is 13.2 Å². The van der Waals surface area contributed by atoms with Crippen LogP contribution in [0.5, 0.6) is 5.75 Å². The van der Waals surface area contributed by atoms with Gasteiger partial charge in [-0.3, -0.25) is 4.79 Å². The van der Waals surface area contributed by atoms with Crippen LogP contribution in [0.25, 0.3) is 0 Å². The highest BCUT2D eigenvalue weighted by molar-refractivity contribution is 5.92. The zero-order chi connectivity index (χ0) is 13.6. The Balaban J connectivity index is 2.26. The number of aromatic hydroxyl groups is 1. The normalized spacial score (nSPS) is 29.3. The molecule has 19 heavy (non-hydrogen) atoms. The van der Waals surface area contributed by atoms with E-state index < -0.39 is 5.60 Å². The number of ketones is 1. The van der Waals surface area contributed by atoms with E-state index in [9.17, 15) is 15.0 Å². The number of aliphatic hydroxyl groups is 1. The summed E-state index contributed by atoms with van der Waals surface area (Å²) < 4.78 is 5.23. The second kappa shape index (κ2) is 4.10. The summed E-state index contributed by atoms with van der Waals surface area (Å²) in [5.74, 6) is 0.0179. The number of rotatable bonds is 1. The van der Waals surface area contributed by atoms with Gasteiger partial charge in [0.1, 0.15) is 11.5 Å². The molecule has 2 N–H and O–H groups in total. The van der Waals surface area contributed by atoms with Crippen molar-refractivity contribution >= 4 is 5.78 Å². The maximum absolute atomic E-state index is 11.7. The predicted octanol–water partition coefficient (Wildman–Crippen LogP) is 1.65. The van der Waals surface area contributed by atoms with E-state index >= 15 is 0 Å². The highest BCUT2D eigenvalue weighted by atomic mass is 16.5.